The van der Waals surface area contributed by atoms with Crippen molar-refractivity contribution in [3.8, 4) is 22.8 Å². The zero-order valence-electron chi connectivity index (χ0n) is 12.1. The molecule has 0 aliphatic carbocycles. The van der Waals surface area contributed by atoms with Crippen molar-refractivity contribution in [2.75, 3.05) is 5.73 Å². The molecule has 23 heavy (non-hydrogen) atoms. The van der Waals surface area contributed by atoms with Crippen LogP contribution in [0, 0.1) is 0 Å². The molecule has 2 heterocycles. The number of nitrogens with two attached hydrogens (primary N) is 1. The standard InChI is InChI=1S/C17H13N5.ClH/c18-14-13-17(21-15(19-13)11-7-3-1-4-8-11)22-16(20-14)12-9-5-2-6-10-12;/h1-10H,(H3,18,19,20,21,22);1H. The van der Waals surface area contributed by atoms with Crippen LogP contribution in [-0.4, -0.2) is 19.9 Å². The molecule has 0 radical (unpaired) electrons. The Morgan fingerprint density at radius 2 is 1.35 bits per heavy atom. The van der Waals surface area contributed by atoms with Crippen LogP contribution in [0.2, 0.25) is 0 Å². The third-order valence-electron chi connectivity index (χ3n) is 3.46. The molecule has 0 unspecified atom stereocenters. The fraction of sp³-hybridized carbons (Fsp3) is 0. The summed E-state index contributed by atoms with van der Waals surface area (Å²) < 4.78 is 0. The normalized spacial score (nSPS) is 10.4. The van der Waals surface area contributed by atoms with Gasteiger partial charge in [0.25, 0.3) is 0 Å². The van der Waals surface area contributed by atoms with Crippen LogP contribution in [-0.2, 0) is 0 Å². The van der Waals surface area contributed by atoms with Gasteiger partial charge >= 0.3 is 0 Å². The summed E-state index contributed by atoms with van der Waals surface area (Å²) in [5.74, 6) is 1.72. The molecule has 114 valence electrons. The molecule has 3 N–H and O–H groups in total. The van der Waals surface area contributed by atoms with Crippen LogP contribution >= 0.6 is 12.4 Å². The zero-order valence-corrected chi connectivity index (χ0v) is 12.9. The number of halogens is 1. The van der Waals surface area contributed by atoms with E-state index in [-0.39, 0.29) is 12.4 Å². The van der Waals surface area contributed by atoms with Gasteiger partial charge in [-0.15, -0.1) is 12.4 Å². The van der Waals surface area contributed by atoms with E-state index in [9.17, 15) is 0 Å². The molecule has 0 amide bonds. The predicted molar refractivity (Wildman–Crippen MR) is 94.2 cm³/mol. The van der Waals surface area contributed by atoms with Crippen LogP contribution in [0.4, 0.5) is 5.82 Å². The van der Waals surface area contributed by atoms with Crippen molar-refractivity contribution >= 4 is 29.4 Å². The van der Waals surface area contributed by atoms with Crippen molar-refractivity contribution in [3.63, 3.8) is 0 Å². The number of imidazole rings is 1. The van der Waals surface area contributed by atoms with Gasteiger partial charge in [-0.05, 0) is 0 Å². The van der Waals surface area contributed by atoms with Crippen molar-refractivity contribution in [3.05, 3.63) is 60.7 Å². The minimum Gasteiger partial charge on any atom is -0.382 e. The molecule has 0 atom stereocenters. The van der Waals surface area contributed by atoms with Gasteiger partial charge in [-0.3, -0.25) is 0 Å². The number of aromatic nitrogens is 4. The van der Waals surface area contributed by atoms with Crippen molar-refractivity contribution in [1.29, 1.82) is 0 Å². The van der Waals surface area contributed by atoms with Crippen LogP contribution in [0.1, 0.15) is 0 Å². The number of aromatic amines is 1. The Balaban J connectivity index is 0.00000156. The van der Waals surface area contributed by atoms with Crippen LogP contribution < -0.4 is 5.73 Å². The zero-order chi connectivity index (χ0) is 14.9. The summed E-state index contributed by atoms with van der Waals surface area (Å²) in [6, 6.07) is 19.6. The number of H-pyrrole nitrogens is 1. The van der Waals surface area contributed by atoms with Crippen LogP contribution in [0.5, 0.6) is 0 Å². The smallest absolute Gasteiger partial charge is 0.184 e. The third-order valence-corrected chi connectivity index (χ3v) is 3.46. The number of hydrogen-bond acceptors (Lipinski definition) is 4. The summed E-state index contributed by atoms with van der Waals surface area (Å²) in [7, 11) is 0. The maximum absolute atomic E-state index is 6.06. The molecule has 6 heteroatoms. The Kier molecular flexibility index (Phi) is 3.95. The van der Waals surface area contributed by atoms with Crippen molar-refractivity contribution < 1.29 is 0 Å². The van der Waals surface area contributed by atoms with Gasteiger partial charge in [-0.25, -0.2) is 15.0 Å². The van der Waals surface area contributed by atoms with Crippen molar-refractivity contribution in [2.45, 2.75) is 0 Å². The first-order chi connectivity index (χ1) is 10.8. The lowest BCUT2D eigenvalue weighted by atomic mass is 10.2. The van der Waals surface area contributed by atoms with E-state index in [0.717, 1.165) is 17.0 Å². The number of fused-ring (bicyclic) bond motifs is 1. The molecule has 0 spiro atoms. The van der Waals surface area contributed by atoms with E-state index in [0.29, 0.717) is 22.8 Å². The number of nitrogens with zero attached hydrogens (tertiary/aromatic N) is 3. The van der Waals surface area contributed by atoms with Crippen LogP contribution in [0.25, 0.3) is 33.9 Å². The Morgan fingerprint density at radius 3 is 2.00 bits per heavy atom. The average molecular weight is 324 g/mol. The molecule has 5 nitrogen and oxygen atoms in total. The second-order valence-electron chi connectivity index (χ2n) is 4.95. The molecule has 4 aromatic rings. The first kappa shape index (κ1) is 15.0. The number of nitrogens with one attached hydrogen (secondary N) is 1. The monoisotopic (exact) mass is 323 g/mol. The van der Waals surface area contributed by atoms with E-state index in [4.69, 9.17) is 5.73 Å². The lowest BCUT2D eigenvalue weighted by molar-refractivity contribution is 1.21. The quantitative estimate of drug-likeness (QED) is 0.589. The van der Waals surface area contributed by atoms with Gasteiger partial charge in [0.05, 0.1) is 0 Å². The molecule has 0 aliphatic heterocycles. The highest BCUT2D eigenvalue weighted by molar-refractivity contribution is 5.86. The predicted octanol–water partition coefficient (Wildman–Crippen LogP) is 3.69. The molecule has 0 saturated heterocycles. The fourth-order valence-electron chi connectivity index (χ4n) is 2.37. The lowest BCUT2D eigenvalue weighted by Crippen LogP contribution is -1.97. The van der Waals surface area contributed by atoms with E-state index >= 15 is 0 Å². The molecule has 0 bridgehead atoms. The number of anilines is 1. The number of hydrogen-bond donors (Lipinski definition) is 2. The van der Waals surface area contributed by atoms with Gasteiger partial charge in [-0.2, -0.15) is 0 Å². The SMILES string of the molecule is Cl.Nc1nc(-c2ccccc2)nc2nc(-c3ccccc3)[nH]c12. The highest BCUT2D eigenvalue weighted by atomic mass is 35.5. The maximum Gasteiger partial charge on any atom is 0.184 e. The Hall–Kier alpha value is -2.92. The summed E-state index contributed by atoms with van der Waals surface area (Å²) in [5, 5.41) is 0. The van der Waals surface area contributed by atoms with Crippen LogP contribution in [0.15, 0.2) is 60.7 Å². The number of nitrogen functional groups attached to an aromatic ring is 1. The summed E-state index contributed by atoms with van der Waals surface area (Å²) in [5.41, 5.74) is 9.21. The summed E-state index contributed by atoms with van der Waals surface area (Å²) in [6.45, 7) is 0. The first-order valence-corrected chi connectivity index (χ1v) is 6.95. The third kappa shape index (κ3) is 2.74. The van der Waals surface area contributed by atoms with Crippen molar-refractivity contribution in [2.24, 2.45) is 0 Å². The highest BCUT2D eigenvalue weighted by Gasteiger charge is 2.12. The Labute approximate surface area is 139 Å². The Bertz CT molecular complexity index is 935. The molecular weight excluding hydrogens is 310 g/mol. The van der Waals surface area contributed by atoms with Gasteiger partial charge in [0.1, 0.15) is 11.3 Å². The molecule has 0 fully saturated rings. The van der Waals surface area contributed by atoms with Gasteiger partial charge in [0.15, 0.2) is 17.3 Å². The molecule has 0 aliphatic rings. The molecule has 0 saturated carbocycles. The van der Waals surface area contributed by atoms with Gasteiger partial charge in [0.2, 0.25) is 0 Å². The van der Waals surface area contributed by atoms with Crippen molar-refractivity contribution in [1.82, 2.24) is 19.9 Å². The maximum atomic E-state index is 6.06. The summed E-state index contributed by atoms with van der Waals surface area (Å²) >= 11 is 0. The first-order valence-electron chi connectivity index (χ1n) is 6.95. The minimum absolute atomic E-state index is 0. The highest BCUT2D eigenvalue weighted by Crippen LogP contribution is 2.24. The molecular formula is C17H14ClN5. The van der Waals surface area contributed by atoms with Gasteiger partial charge in [0, 0.05) is 11.1 Å². The molecule has 2 aromatic carbocycles. The average Bonchev–Trinajstić information content (AvgIpc) is 3.01. The number of benzene rings is 2. The van der Waals surface area contributed by atoms with E-state index < -0.39 is 0 Å². The minimum atomic E-state index is 0. The second-order valence-corrected chi connectivity index (χ2v) is 4.95. The van der Waals surface area contributed by atoms with Gasteiger partial charge in [-0.1, -0.05) is 60.7 Å². The van der Waals surface area contributed by atoms with Crippen LogP contribution in [0.3, 0.4) is 0 Å². The second kappa shape index (κ2) is 6.06. The molecule has 2 aromatic heterocycles. The van der Waals surface area contributed by atoms with E-state index in [2.05, 4.69) is 19.9 Å². The van der Waals surface area contributed by atoms with E-state index in [1.165, 1.54) is 0 Å². The Morgan fingerprint density at radius 1 is 0.739 bits per heavy atom. The summed E-state index contributed by atoms with van der Waals surface area (Å²) in [4.78, 5) is 16.6. The topological polar surface area (TPSA) is 80.5 Å². The van der Waals surface area contributed by atoms with E-state index in [1.54, 1.807) is 0 Å². The van der Waals surface area contributed by atoms with Gasteiger partial charge < -0.3 is 10.7 Å². The van der Waals surface area contributed by atoms with E-state index in [1.807, 2.05) is 60.7 Å². The molecule has 4 rings (SSSR count). The number of rotatable bonds is 2. The fourth-order valence-corrected chi connectivity index (χ4v) is 2.37. The lowest BCUT2D eigenvalue weighted by Gasteiger charge is -2.01. The summed E-state index contributed by atoms with van der Waals surface area (Å²) in [6.07, 6.45) is 0. The largest absolute Gasteiger partial charge is 0.382 e.